The van der Waals surface area contributed by atoms with Crippen LogP contribution in [-0.4, -0.2) is 51.7 Å². The lowest BCUT2D eigenvalue weighted by Crippen LogP contribution is -2.50. The number of aromatic nitrogens is 2. The zero-order valence-electron chi connectivity index (χ0n) is 15.0. The van der Waals surface area contributed by atoms with Crippen LogP contribution in [0.15, 0.2) is 22.8 Å². The summed E-state index contributed by atoms with van der Waals surface area (Å²) in [5.41, 5.74) is 1.63. The molecule has 0 N–H and O–H groups in total. The number of furan rings is 1. The summed E-state index contributed by atoms with van der Waals surface area (Å²) in [5, 5.41) is 5.12. The van der Waals surface area contributed by atoms with E-state index in [1.807, 2.05) is 37.8 Å². The molecule has 136 valence electrons. The molecule has 1 unspecified atom stereocenters. The van der Waals surface area contributed by atoms with Gasteiger partial charge in [-0.05, 0) is 32.4 Å². The van der Waals surface area contributed by atoms with Crippen molar-refractivity contribution in [1.82, 2.24) is 19.6 Å². The average Bonchev–Trinajstić information content (AvgIpc) is 3.21. The quantitative estimate of drug-likeness (QED) is 0.818. The Morgan fingerprint density at radius 3 is 2.56 bits per heavy atom. The van der Waals surface area contributed by atoms with Crippen LogP contribution in [0, 0.1) is 13.8 Å². The molecule has 1 saturated heterocycles. The molecule has 0 bridgehead atoms. The van der Waals surface area contributed by atoms with Gasteiger partial charge in [0.25, 0.3) is 0 Å². The summed E-state index contributed by atoms with van der Waals surface area (Å²) in [7, 11) is 0. The lowest BCUT2D eigenvalue weighted by atomic mass is 10.1. The van der Waals surface area contributed by atoms with Crippen LogP contribution >= 0.6 is 11.6 Å². The lowest BCUT2D eigenvalue weighted by Gasteiger charge is -2.36. The first-order chi connectivity index (χ1) is 12.0. The number of piperazine rings is 1. The summed E-state index contributed by atoms with van der Waals surface area (Å²) in [6.45, 7) is 9.74. The van der Waals surface area contributed by atoms with Gasteiger partial charge in [-0.25, -0.2) is 0 Å². The Bertz CT molecular complexity index is 718. The molecule has 0 aromatic carbocycles. The maximum absolute atomic E-state index is 13.0. The van der Waals surface area contributed by atoms with Gasteiger partial charge in [-0.2, -0.15) is 5.10 Å². The number of carbonyl (C=O) groups excluding carboxylic acids is 1. The van der Waals surface area contributed by atoms with E-state index in [0.29, 0.717) is 11.4 Å². The second kappa shape index (κ2) is 7.62. The summed E-state index contributed by atoms with van der Waals surface area (Å²) in [6, 6.07) is 3.60. The molecule has 3 heterocycles. The molecular formula is C18H25ClN4O2. The molecule has 2 aromatic heterocycles. The molecule has 25 heavy (non-hydrogen) atoms. The van der Waals surface area contributed by atoms with Gasteiger partial charge in [0.05, 0.1) is 29.2 Å². The van der Waals surface area contributed by atoms with Crippen LogP contribution in [0.4, 0.5) is 0 Å². The molecule has 0 radical (unpaired) electrons. The SMILES string of the molecule is CCC(C(=O)N1CCN(Cc2ccco2)CC1)n1nc(C)c(Cl)c1C. The van der Waals surface area contributed by atoms with Crippen molar-refractivity contribution in [3.8, 4) is 0 Å². The zero-order valence-corrected chi connectivity index (χ0v) is 15.8. The van der Waals surface area contributed by atoms with E-state index in [0.717, 1.165) is 49.9 Å². The number of aryl methyl sites for hydroxylation is 1. The average molecular weight is 365 g/mol. The Kier molecular flexibility index (Phi) is 5.49. The predicted octanol–water partition coefficient (Wildman–Crippen LogP) is 3.04. The van der Waals surface area contributed by atoms with Crippen LogP contribution in [0.3, 0.4) is 0 Å². The maximum atomic E-state index is 13.0. The smallest absolute Gasteiger partial charge is 0.247 e. The van der Waals surface area contributed by atoms with Crippen LogP contribution in [-0.2, 0) is 11.3 Å². The molecule has 0 saturated carbocycles. The van der Waals surface area contributed by atoms with Crippen LogP contribution < -0.4 is 0 Å². The largest absolute Gasteiger partial charge is 0.468 e. The first-order valence-electron chi connectivity index (χ1n) is 8.76. The molecule has 0 spiro atoms. The second-order valence-corrected chi connectivity index (χ2v) is 6.91. The number of carbonyl (C=O) groups is 1. The van der Waals surface area contributed by atoms with Gasteiger partial charge in [0, 0.05) is 26.2 Å². The Morgan fingerprint density at radius 2 is 2.04 bits per heavy atom. The standard InChI is InChI=1S/C18H25ClN4O2/c1-4-16(23-14(3)17(19)13(2)20-23)18(24)22-9-7-21(8-10-22)12-15-6-5-11-25-15/h5-6,11,16H,4,7-10,12H2,1-3H3. The summed E-state index contributed by atoms with van der Waals surface area (Å²) in [4.78, 5) is 17.3. The molecule has 1 atom stereocenters. The minimum Gasteiger partial charge on any atom is -0.468 e. The first-order valence-corrected chi connectivity index (χ1v) is 9.13. The van der Waals surface area contributed by atoms with Gasteiger partial charge in [-0.3, -0.25) is 14.4 Å². The highest BCUT2D eigenvalue weighted by molar-refractivity contribution is 6.31. The molecule has 7 heteroatoms. The molecule has 1 amide bonds. The van der Waals surface area contributed by atoms with Crippen LogP contribution in [0.25, 0.3) is 0 Å². The monoisotopic (exact) mass is 364 g/mol. The minimum absolute atomic E-state index is 0.127. The van der Waals surface area contributed by atoms with Crippen molar-refractivity contribution in [2.45, 2.75) is 39.8 Å². The summed E-state index contributed by atoms with van der Waals surface area (Å²) < 4.78 is 7.19. The van der Waals surface area contributed by atoms with Gasteiger partial charge in [0.15, 0.2) is 0 Å². The van der Waals surface area contributed by atoms with Crippen LogP contribution in [0.2, 0.25) is 5.02 Å². The molecule has 1 fully saturated rings. The van der Waals surface area contributed by atoms with Crippen molar-refractivity contribution in [1.29, 1.82) is 0 Å². The maximum Gasteiger partial charge on any atom is 0.247 e. The lowest BCUT2D eigenvalue weighted by molar-refractivity contribution is -0.137. The van der Waals surface area contributed by atoms with E-state index in [4.69, 9.17) is 16.0 Å². The van der Waals surface area contributed by atoms with E-state index in [1.54, 1.807) is 10.9 Å². The number of rotatable bonds is 5. The molecular weight excluding hydrogens is 340 g/mol. The third-order valence-corrected chi connectivity index (χ3v) is 5.39. The summed E-state index contributed by atoms with van der Waals surface area (Å²) in [5.74, 6) is 1.09. The molecule has 0 aliphatic carbocycles. The zero-order chi connectivity index (χ0) is 18.0. The number of hydrogen-bond donors (Lipinski definition) is 0. The first kappa shape index (κ1) is 18.0. The van der Waals surface area contributed by atoms with E-state index in [9.17, 15) is 4.79 Å². The van der Waals surface area contributed by atoms with Gasteiger partial charge < -0.3 is 9.32 Å². The summed E-state index contributed by atoms with van der Waals surface area (Å²) >= 11 is 6.25. The van der Waals surface area contributed by atoms with Gasteiger partial charge >= 0.3 is 0 Å². The fourth-order valence-electron chi connectivity index (χ4n) is 3.36. The third-order valence-electron chi connectivity index (χ3n) is 4.85. The number of nitrogens with zero attached hydrogens (tertiary/aromatic N) is 4. The highest BCUT2D eigenvalue weighted by Crippen LogP contribution is 2.25. The predicted molar refractivity (Wildman–Crippen MR) is 96.6 cm³/mol. The van der Waals surface area contributed by atoms with Crippen molar-refractivity contribution >= 4 is 17.5 Å². The molecule has 1 aliphatic rings. The number of halogens is 1. The van der Waals surface area contributed by atoms with Crippen molar-refractivity contribution in [3.05, 3.63) is 40.6 Å². The highest BCUT2D eigenvalue weighted by atomic mass is 35.5. The molecule has 6 nitrogen and oxygen atoms in total. The van der Waals surface area contributed by atoms with Crippen molar-refractivity contribution in [2.24, 2.45) is 0 Å². The van der Waals surface area contributed by atoms with Crippen molar-refractivity contribution < 1.29 is 9.21 Å². The Labute approximate surface area is 153 Å². The second-order valence-electron chi connectivity index (χ2n) is 6.53. The van der Waals surface area contributed by atoms with E-state index in [2.05, 4.69) is 10.00 Å². The topological polar surface area (TPSA) is 54.5 Å². The van der Waals surface area contributed by atoms with Gasteiger partial charge in [-0.1, -0.05) is 18.5 Å². The fraction of sp³-hybridized carbons (Fsp3) is 0.556. The Balaban J connectivity index is 1.63. The van der Waals surface area contributed by atoms with Gasteiger partial charge in [0.2, 0.25) is 5.91 Å². The molecule has 1 aliphatic heterocycles. The van der Waals surface area contributed by atoms with Gasteiger partial charge in [-0.15, -0.1) is 0 Å². The normalized spacial score (nSPS) is 17.0. The Hall–Kier alpha value is -1.79. The van der Waals surface area contributed by atoms with E-state index >= 15 is 0 Å². The van der Waals surface area contributed by atoms with Gasteiger partial charge in [0.1, 0.15) is 11.8 Å². The number of hydrogen-bond acceptors (Lipinski definition) is 4. The number of amides is 1. The van der Waals surface area contributed by atoms with E-state index in [1.165, 1.54) is 0 Å². The highest BCUT2D eigenvalue weighted by Gasteiger charge is 2.30. The fourth-order valence-corrected chi connectivity index (χ4v) is 3.48. The van der Waals surface area contributed by atoms with Crippen molar-refractivity contribution in [3.63, 3.8) is 0 Å². The van der Waals surface area contributed by atoms with Crippen LogP contribution in [0.5, 0.6) is 0 Å². The van der Waals surface area contributed by atoms with Crippen LogP contribution in [0.1, 0.15) is 36.5 Å². The molecule has 2 aromatic rings. The minimum atomic E-state index is -0.289. The van der Waals surface area contributed by atoms with E-state index in [-0.39, 0.29) is 11.9 Å². The van der Waals surface area contributed by atoms with Crippen molar-refractivity contribution in [2.75, 3.05) is 26.2 Å². The van der Waals surface area contributed by atoms with E-state index < -0.39 is 0 Å². The molecule has 3 rings (SSSR count). The third kappa shape index (κ3) is 3.75. The summed E-state index contributed by atoms with van der Waals surface area (Å²) in [6.07, 6.45) is 2.39. The Morgan fingerprint density at radius 1 is 1.32 bits per heavy atom.